The number of fused-ring (bicyclic) bond motifs is 1. The van der Waals surface area contributed by atoms with Crippen molar-refractivity contribution in [1.82, 2.24) is 19.9 Å². The van der Waals surface area contributed by atoms with Crippen LogP contribution in [0.15, 0.2) is 79.0 Å². The van der Waals surface area contributed by atoms with Crippen molar-refractivity contribution in [2.24, 2.45) is 0 Å². The molecule has 0 spiro atoms. The van der Waals surface area contributed by atoms with E-state index in [1.165, 1.54) is 4.90 Å². The number of hydrogen-bond acceptors (Lipinski definition) is 7. The molecule has 1 saturated heterocycles. The van der Waals surface area contributed by atoms with Gasteiger partial charge in [0, 0.05) is 26.3 Å². The largest absolute Gasteiger partial charge is 0.530 e. The van der Waals surface area contributed by atoms with Crippen molar-refractivity contribution < 1.29 is 24.1 Å². The molecule has 0 bridgehead atoms. The van der Waals surface area contributed by atoms with Gasteiger partial charge < -0.3 is 29.0 Å². The lowest BCUT2D eigenvalue weighted by molar-refractivity contribution is -0.269. The first kappa shape index (κ1) is 26.8. The number of aromatic nitrogens is 3. The quantitative estimate of drug-likeness (QED) is 0.258. The van der Waals surface area contributed by atoms with Gasteiger partial charge in [-0.1, -0.05) is 71.9 Å². The summed E-state index contributed by atoms with van der Waals surface area (Å²) in [4.78, 5) is 12.8. The Hall–Kier alpha value is -3.79. The molecule has 39 heavy (non-hydrogen) atoms. The molecule has 9 heteroatoms. The van der Waals surface area contributed by atoms with Crippen molar-refractivity contribution in [3.8, 4) is 0 Å². The third-order valence-electron chi connectivity index (χ3n) is 6.90. The van der Waals surface area contributed by atoms with Crippen LogP contribution in [0.4, 0.5) is 4.79 Å². The van der Waals surface area contributed by atoms with E-state index in [0.717, 1.165) is 34.0 Å². The maximum absolute atomic E-state index is 11.6. The van der Waals surface area contributed by atoms with Gasteiger partial charge in [-0.3, -0.25) is 0 Å². The molecule has 0 N–H and O–H groups in total. The number of hydrogen-bond donors (Lipinski definition) is 0. The van der Waals surface area contributed by atoms with Crippen LogP contribution in [0.5, 0.6) is 0 Å². The monoisotopic (exact) mass is 529 g/mol. The Kier molecular flexibility index (Phi) is 9.16. The second-order valence-corrected chi connectivity index (χ2v) is 9.73. The van der Waals surface area contributed by atoms with Gasteiger partial charge in [0.25, 0.3) is 0 Å². The minimum absolute atomic E-state index is 0.145. The zero-order valence-corrected chi connectivity index (χ0v) is 21.9. The van der Waals surface area contributed by atoms with Crippen molar-refractivity contribution in [3.05, 3.63) is 95.8 Å². The molecule has 1 aliphatic rings. The predicted molar refractivity (Wildman–Crippen MR) is 144 cm³/mol. The van der Waals surface area contributed by atoms with E-state index in [0.29, 0.717) is 46.0 Å². The van der Waals surface area contributed by atoms with E-state index in [2.05, 4.69) is 34.6 Å². The highest BCUT2D eigenvalue weighted by Crippen LogP contribution is 2.26. The number of piperidine rings is 1. The summed E-state index contributed by atoms with van der Waals surface area (Å²) in [6, 6.07) is 24.3. The standard InChI is InChI=1S/C30H34N4O5/c35-30(36)33-14-13-28(29(19-33)39-21-24-11-12-25-9-4-5-10-26(25)17-24)34-18-27(31-32-34)22-38-16-6-15-37-20-23-7-2-1-3-8-23/h1-5,7-12,17-18,28-29H,6,13-16,19-22H2,(H,35,36)/p-1. The van der Waals surface area contributed by atoms with Crippen LogP contribution in [-0.4, -0.2) is 58.4 Å². The average molecular weight is 530 g/mol. The summed E-state index contributed by atoms with van der Waals surface area (Å²) < 4.78 is 19.5. The predicted octanol–water partition coefficient (Wildman–Crippen LogP) is 3.73. The lowest BCUT2D eigenvalue weighted by Gasteiger charge is -2.39. The number of benzene rings is 3. The first-order valence-electron chi connectivity index (χ1n) is 13.3. The second kappa shape index (κ2) is 13.3. The van der Waals surface area contributed by atoms with E-state index in [-0.39, 0.29) is 18.7 Å². The molecule has 0 aliphatic carbocycles. The van der Waals surface area contributed by atoms with Crippen LogP contribution in [-0.2, 0) is 34.0 Å². The van der Waals surface area contributed by atoms with Gasteiger partial charge in [0.2, 0.25) is 0 Å². The van der Waals surface area contributed by atoms with Crippen molar-refractivity contribution in [1.29, 1.82) is 0 Å². The van der Waals surface area contributed by atoms with Crippen molar-refractivity contribution in [2.45, 2.75) is 44.8 Å². The third kappa shape index (κ3) is 7.41. The molecular weight excluding hydrogens is 496 g/mol. The highest BCUT2D eigenvalue weighted by molar-refractivity contribution is 5.82. The van der Waals surface area contributed by atoms with E-state index < -0.39 is 6.09 Å². The van der Waals surface area contributed by atoms with Gasteiger partial charge in [-0.2, -0.15) is 0 Å². The smallest absolute Gasteiger partial charge is 0.137 e. The molecule has 9 nitrogen and oxygen atoms in total. The molecule has 0 saturated carbocycles. The fourth-order valence-electron chi connectivity index (χ4n) is 4.81. The molecule has 5 rings (SSSR count). The molecule has 2 heterocycles. The Labute approximate surface area is 227 Å². The number of carbonyl (C=O) groups is 1. The van der Waals surface area contributed by atoms with Gasteiger partial charge in [-0.15, -0.1) is 5.10 Å². The van der Waals surface area contributed by atoms with Gasteiger partial charge >= 0.3 is 0 Å². The summed E-state index contributed by atoms with van der Waals surface area (Å²) >= 11 is 0. The van der Waals surface area contributed by atoms with Crippen LogP contribution in [0.3, 0.4) is 0 Å². The summed E-state index contributed by atoms with van der Waals surface area (Å²) in [7, 11) is 0. The van der Waals surface area contributed by atoms with Crippen molar-refractivity contribution in [3.63, 3.8) is 0 Å². The lowest BCUT2D eigenvalue weighted by Crippen LogP contribution is -2.52. The summed E-state index contributed by atoms with van der Waals surface area (Å²) in [6.07, 6.45) is 1.62. The Morgan fingerprint density at radius 3 is 2.49 bits per heavy atom. The molecule has 1 amide bonds. The topological polar surface area (TPSA) is 102 Å². The SMILES string of the molecule is O=C([O-])N1CCC(n2cc(COCCCOCc3ccccc3)nn2)C(OCc2ccc3ccccc3c2)C1. The van der Waals surface area contributed by atoms with E-state index >= 15 is 0 Å². The maximum Gasteiger partial charge on any atom is 0.137 e. The number of carbonyl (C=O) groups excluding carboxylic acids is 1. The Morgan fingerprint density at radius 2 is 1.67 bits per heavy atom. The molecule has 2 atom stereocenters. The number of nitrogens with zero attached hydrogens (tertiary/aromatic N) is 4. The summed E-state index contributed by atoms with van der Waals surface area (Å²) in [5.41, 5.74) is 2.90. The molecule has 0 radical (unpaired) electrons. The fraction of sp³-hybridized carbons (Fsp3) is 0.367. The third-order valence-corrected chi connectivity index (χ3v) is 6.90. The minimum atomic E-state index is -1.19. The minimum Gasteiger partial charge on any atom is -0.530 e. The van der Waals surface area contributed by atoms with Crippen LogP contribution < -0.4 is 5.11 Å². The van der Waals surface area contributed by atoms with Crippen molar-refractivity contribution >= 4 is 16.9 Å². The summed E-state index contributed by atoms with van der Waals surface area (Å²) in [5, 5.41) is 22.4. The van der Waals surface area contributed by atoms with Crippen LogP contribution in [0.1, 0.15) is 35.7 Å². The zero-order valence-electron chi connectivity index (χ0n) is 21.9. The lowest BCUT2D eigenvalue weighted by atomic mass is 10.0. The van der Waals surface area contributed by atoms with Crippen LogP contribution in [0.25, 0.3) is 10.8 Å². The summed E-state index contributed by atoms with van der Waals surface area (Å²) in [6.45, 7) is 3.06. The number of rotatable bonds is 12. The van der Waals surface area contributed by atoms with Crippen molar-refractivity contribution in [2.75, 3.05) is 26.3 Å². The van der Waals surface area contributed by atoms with E-state index in [1.54, 1.807) is 4.68 Å². The van der Waals surface area contributed by atoms with Crippen LogP contribution >= 0.6 is 0 Å². The molecule has 1 aliphatic heterocycles. The fourth-order valence-corrected chi connectivity index (χ4v) is 4.81. The molecule has 2 unspecified atom stereocenters. The second-order valence-electron chi connectivity index (χ2n) is 9.73. The maximum atomic E-state index is 11.6. The van der Waals surface area contributed by atoms with Gasteiger partial charge in [-0.05, 0) is 40.8 Å². The number of carboxylic acid groups (broad SMARTS) is 1. The molecular formula is C30H33N4O5-. The van der Waals surface area contributed by atoms with Gasteiger partial charge in [0.15, 0.2) is 0 Å². The van der Waals surface area contributed by atoms with E-state index in [4.69, 9.17) is 14.2 Å². The molecule has 4 aromatic rings. The number of ether oxygens (including phenoxy) is 3. The molecule has 1 fully saturated rings. The number of likely N-dealkylation sites (tertiary alicyclic amines) is 1. The normalized spacial score (nSPS) is 17.5. The Balaban J connectivity index is 1.12. The van der Waals surface area contributed by atoms with Crippen LogP contribution in [0.2, 0.25) is 0 Å². The highest BCUT2D eigenvalue weighted by atomic mass is 16.5. The van der Waals surface area contributed by atoms with Gasteiger partial charge in [-0.25, -0.2) is 4.68 Å². The van der Waals surface area contributed by atoms with E-state index in [9.17, 15) is 9.90 Å². The van der Waals surface area contributed by atoms with E-state index in [1.807, 2.05) is 54.7 Å². The molecule has 1 aromatic heterocycles. The van der Waals surface area contributed by atoms with Gasteiger partial charge in [0.1, 0.15) is 11.8 Å². The molecule has 204 valence electrons. The first-order chi connectivity index (χ1) is 19.2. The summed E-state index contributed by atoms with van der Waals surface area (Å²) in [5.74, 6) is 0. The average Bonchev–Trinajstić information content (AvgIpc) is 3.44. The number of amides is 1. The Morgan fingerprint density at radius 1 is 0.897 bits per heavy atom. The highest BCUT2D eigenvalue weighted by Gasteiger charge is 2.32. The molecule has 3 aromatic carbocycles. The van der Waals surface area contributed by atoms with Crippen LogP contribution in [0, 0.1) is 0 Å². The zero-order chi connectivity index (χ0) is 26.9. The van der Waals surface area contributed by atoms with Gasteiger partial charge in [0.05, 0.1) is 38.2 Å². The Bertz CT molecular complexity index is 1350. The first-order valence-corrected chi connectivity index (χ1v) is 13.3.